The molecule has 0 radical (unpaired) electrons. The molecule has 0 unspecified atom stereocenters. The van der Waals surface area contributed by atoms with Crippen molar-refractivity contribution >= 4 is 9.84 Å². The Morgan fingerprint density at radius 3 is 2.81 bits per heavy atom. The van der Waals surface area contributed by atoms with Gasteiger partial charge in [0.05, 0.1) is 11.4 Å². The second-order valence-electron chi connectivity index (χ2n) is 5.89. The summed E-state index contributed by atoms with van der Waals surface area (Å²) < 4.78 is 48.2. The van der Waals surface area contributed by atoms with Gasteiger partial charge in [-0.2, -0.15) is 4.98 Å². The fourth-order valence-electron chi connectivity index (χ4n) is 2.38. The van der Waals surface area contributed by atoms with Crippen molar-refractivity contribution < 1.29 is 21.7 Å². The van der Waals surface area contributed by atoms with E-state index < -0.39 is 15.7 Å². The lowest BCUT2D eigenvalue weighted by molar-refractivity contribution is 0.382. The summed E-state index contributed by atoms with van der Waals surface area (Å²) in [5.41, 5.74) is 0.668. The summed E-state index contributed by atoms with van der Waals surface area (Å²) in [7, 11) is -3.56. The number of nitrogens with zero attached hydrogens (tertiary/aromatic N) is 3. The molecular formula is C17H18FN3O4S. The Morgan fingerprint density at radius 2 is 2.04 bits per heavy atom. The van der Waals surface area contributed by atoms with Crippen molar-refractivity contribution in [3.05, 3.63) is 53.8 Å². The number of hydrogen-bond donors (Lipinski definition) is 0. The lowest BCUT2D eigenvalue weighted by Crippen LogP contribution is -2.08. The van der Waals surface area contributed by atoms with Crippen molar-refractivity contribution in [1.29, 1.82) is 0 Å². The van der Waals surface area contributed by atoms with Crippen LogP contribution in [0.25, 0.3) is 11.5 Å². The van der Waals surface area contributed by atoms with E-state index in [-0.39, 0.29) is 29.0 Å². The van der Waals surface area contributed by atoms with Crippen LogP contribution < -0.4 is 0 Å². The second kappa shape index (κ2) is 7.77. The largest absolute Gasteiger partial charge is 0.444 e. The van der Waals surface area contributed by atoms with Crippen LogP contribution in [0, 0.1) is 5.82 Å². The van der Waals surface area contributed by atoms with Gasteiger partial charge in [0.15, 0.2) is 15.7 Å². The smallest absolute Gasteiger partial charge is 0.241 e. The summed E-state index contributed by atoms with van der Waals surface area (Å²) in [5.74, 6) is -0.399. The van der Waals surface area contributed by atoms with E-state index in [1.54, 1.807) is 6.07 Å². The highest BCUT2D eigenvalue weighted by molar-refractivity contribution is 7.89. The van der Waals surface area contributed by atoms with Crippen LogP contribution in [-0.2, 0) is 27.8 Å². The van der Waals surface area contributed by atoms with Gasteiger partial charge in [0.2, 0.25) is 11.8 Å². The van der Waals surface area contributed by atoms with Gasteiger partial charge >= 0.3 is 0 Å². The molecule has 0 bridgehead atoms. The van der Waals surface area contributed by atoms with Crippen molar-refractivity contribution in [3.8, 4) is 11.5 Å². The molecule has 0 saturated heterocycles. The summed E-state index contributed by atoms with van der Waals surface area (Å²) in [4.78, 5) is 8.21. The van der Waals surface area contributed by atoms with Gasteiger partial charge in [0.25, 0.3) is 0 Å². The number of aromatic nitrogens is 3. The highest BCUT2D eigenvalue weighted by Gasteiger charge is 2.20. The molecule has 2 aromatic heterocycles. The van der Waals surface area contributed by atoms with Gasteiger partial charge in [-0.1, -0.05) is 24.6 Å². The van der Waals surface area contributed by atoms with Crippen LogP contribution in [0.15, 0.2) is 39.5 Å². The molecule has 0 aliphatic rings. The van der Waals surface area contributed by atoms with Gasteiger partial charge in [-0.3, -0.25) is 0 Å². The normalized spacial score (nSPS) is 11.8. The number of halogens is 1. The van der Waals surface area contributed by atoms with Crippen LogP contribution in [0.1, 0.15) is 37.2 Å². The average Bonchev–Trinajstić information content (AvgIpc) is 3.21. The summed E-state index contributed by atoms with van der Waals surface area (Å²) in [5, 5.41) is 3.78. The van der Waals surface area contributed by atoms with Crippen LogP contribution in [0.5, 0.6) is 0 Å². The molecular weight excluding hydrogens is 361 g/mol. The van der Waals surface area contributed by atoms with Gasteiger partial charge in [-0.25, -0.2) is 17.8 Å². The van der Waals surface area contributed by atoms with Crippen molar-refractivity contribution in [2.45, 2.75) is 37.7 Å². The minimum absolute atomic E-state index is 0.0601. The van der Waals surface area contributed by atoms with Crippen LogP contribution in [-0.4, -0.2) is 23.5 Å². The molecule has 0 spiro atoms. The average molecular weight is 379 g/mol. The molecule has 26 heavy (non-hydrogen) atoms. The third-order valence-electron chi connectivity index (χ3n) is 3.60. The molecule has 3 aromatic rings. The molecule has 138 valence electrons. The zero-order valence-corrected chi connectivity index (χ0v) is 15.0. The first-order chi connectivity index (χ1) is 12.4. The van der Waals surface area contributed by atoms with Gasteiger partial charge < -0.3 is 8.94 Å². The first kappa shape index (κ1) is 18.2. The van der Waals surface area contributed by atoms with E-state index in [4.69, 9.17) is 8.94 Å². The quantitative estimate of drug-likeness (QED) is 0.592. The Morgan fingerprint density at radius 1 is 1.19 bits per heavy atom. The molecule has 0 atom stereocenters. The molecule has 0 amide bonds. The lowest BCUT2D eigenvalue weighted by Gasteiger charge is -1.97. The molecule has 1 aromatic carbocycles. The number of unbranched alkanes of at least 4 members (excludes halogenated alkanes) is 1. The fourth-order valence-corrected chi connectivity index (χ4v) is 3.56. The van der Waals surface area contributed by atoms with Crippen molar-refractivity contribution in [2.24, 2.45) is 0 Å². The zero-order chi connectivity index (χ0) is 18.6. The van der Waals surface area contributed by atoms with Gasteiger partial charge in [-0.15, -0.1) is 0 Å². The van der Waals surface area contributed by atoms with Crippen molar-refractivity contribution in [3.63, 3.8) is 0 Å². The zero-order valence-electron chi connectivity index (χ0n) is 14.2. The minimum Gasteiger partial charge on any atom is -0.444 e. The summed E-state index contributed by atoms with van der Waals surface area (Å²) in [6.45, 7) is 2.04. The molecule has 0 aliphatic heterocycles. The molecule has 0 aliphatic carbocycles. The van der Waals surface area contributed by atoms with Gasteiger partial charge in [0, 0.05) is 12.0 Å². The van der Waals surface area contributed by atoms with E-state index >= 15 is 0 Å². The molecule has 0 fully saturated rings. The standard InChI is InChI=1S/C17H18FN3O4S/c1-2-3-7-15-20-16(25-21-15)11-26(22,23)10-14-9-24-17(19-14)12-5-4-6-13(18)8-12/h4-6,8-9H,2-3,7,10-11H2,1H3. The summed E-state index contributed by atoms with van der Waals surface area (Å²) in [6.07, 6.45) is 3.80. The molecule has 7 nitrogen and oxygen atoms in total. The van der Waals surface area contributed by atoms with E-state index in [1.807, 2.05) is 6.92 Å². The number of rotatable bonds is 8. The predicted octanol–water partition coefficient (Wildman–Crippen LogP) is 3.32. The highest BCUT2D eigenvalue weighted by atomic mass is 32.2. The van der Waals surface area contributed by atoms with Gasteiger partial charge in [0.1, 0.15) is 17.8 Å². The maximum Gasteiger partial charge on any atom is 0.241 e. The SMILES string of the molecule is CCCCc1noc(CS(=O)(=O)Cc2coc(-c3cccc(F)c3)n2)n1. The molecule has 0 N–H and O–H groups in total. The molecule has 2 heterocycles. The van der Waals surface area contributed by atoms with Crippen molar-refractivity contribution in [2.75, 3.05) is 0 Å². The van der Waals surface area contributed by atoms with E-state index in [1.165, 1.54) is 24.5 Å². The minimum atomic E-state index is -3.56. The highest BCUT2D eigenvalue weighted by Crippen LogP contribution is 2.21. The predicted molar refractivity (Wildman–Crippen MR) is 91.1 cm³/mol. The Balaban J connectivity index is 1.67. The van der Waals surface area contributed by atoms with E-state index in [0.717, 1.165) is 12.8 Å². The number of sulfone groups is 1. The Hall–Kier alpha value is -2.55. The third kappa shape index (κ3) is 4.75. The maximum absolute atomic E-state index is 13.3. The number of aryl methyl sites for hydroxylation is 1. The van der Waals surface area contributed by atoms with Crippen LogP contribution >= 0.6 is 0 Å². The molecule has 0 saturated carbocycles. The van der Waals surface area contributed by atoms with Crippen LogP contribution in [0.3, 0.4) is 0 Å². The fraction of sp³-hybridized carbons (Fsp3) is 0.353. The topological polar surface area (TPSA) is 99.1 Å². The summed E-state index contributed by atoms with van der Waals surface area (Å²) >= 11 is 0. The van der Waals surface area contributed by atoms with Crippen LogP contribution in [0.4, 0.5) is 4.39 Å². The number of benzene rings is 1. The molecule has 3 rings (SSSR count). The van der Waals surface area contributed by atoms with E-state index in [9.17, 15) is 12.8 Å². The van der Waals surface area contributed by atoms with Crippen LogP contribution in [0.2, 0.25) is 0 Å². The lowest BCUT2D eigenvalue weighted by atomic mass is 10.2. The van der Waals surface area contributed by atoms with E-state index in [2.05, 4.69) is 15.1 Å². The number of hydrogen-bond acceptors (Lipinski definition) is 7. The Bertz CT molecular complexity index is 981. The Kier molecular flexibility index (Phi) is 5.46. The first-order valence-electron chi connectivity index (χ1n) is 8.17. The van der Waals surface area contributed by atoms with E-state index in [0.29, 0.717) is 17.8 Å². The Labute approximate surface area is 150 Å². The molecule has 9 heteroatoms. The number of oxazole rings is 1. The maximum atomic E-state index is 13.3. The van der Waals surface area contributed by atoms with Gasteiger partial charge in [-0.05, 0) is 24.6 Å². The first-order valence-corrected chi connectivity index (χ1v) is 9.99. The third-order valence-corrected chi connectivity index (χ3v) is 5.02. The van der Waals surface area contributed by atoms with Crippen molar-refractivity contribution in [1.82, 2.24) is 15.1 Å². The monoisotopic (exact) mass is 379 g/mol. The second-order valence-corrected chi connectivity index (χ2v) is 7.96. The summed E-state index contributed by atoms with van der Waals surface area (Å²) in [6, 6.07) is 5.72.